The average Bonchev–Trinajstić information content (AvgIpc) is 3.89. The summed E-state index contributed by atoms with van der Waals surface area (Å²) in [6, 6.07) is 17.8. The van der Waals surface area contributed by atoms with E-state index in [4.69, 9.17) is 4.74 Å². The van der Waals surface area contributed by atoms with E-state index >= 15 is 0 Å². The number of carbonyl (C=O) groups is 4. The third-order valence-corrected chi connectivity index (χ3v) is 11.2. The summed E-state index contributed by atoms with van der Waals surface area (Å²) < 4.78 is 6.55. The summed E-state index contributed by atoms with van der Waals surface area (Å²) in [5.74, 6) is -1.47. The molecule has 3 atom stereocenters. The second kappa shape index (κ2) is 15.7. The molecule has 1 saturated heterocycles. The number of nitrogens with one attached hydrogen (secondary N) is 3. The van der Waals surface area contributed by atoms with E-state index in [-0.39, 0.29) is 42.4 Å². The molecule has 7 rings (SSSR count). The molecule has 53 heavy (non-hydrogen) atoms. The molecule has 3 N–H and O–H groups in total. The number of fused-ring (bicyclic) bond motifs is 2. The average molecular weight is 753 g/mol. The predicted octanol–water partition coefficient (Wildman–Crippen LogP) is 5.75. The van der Waals surface area contributed by atoms with Crippen molar-refractivity contribution in [2.24, 2.45) is 16.9 Å². The van der Waals surface area contributed by atoms with Gasteiger partial charge in [0.05, 0.1) is 50.1 Å². The molecule has 17 heteroatoms. The Morgan fingerprint density at radius 1 is 1.09 bits per heavy atom. The van der Waals surface area contributed by atoms with E-state index in [2.05, 4.69) is 30.8 Å². The van der Waals surface area contributed by atoms with E-state index < -0.39 is 23.0 Å². The van der Waals surface area contributed by atoms with Gasteiger partial charge in [-0.2, -0.15) is 5.10 Å². The van der Waals surface area contributed by atoms with Crippen molar-refractivity contribution in [2.45, 2.75) is 54.0 Å². The van der Waals surface area contributed by atoms with E-state index in [1.165, 1.54) is 41.0 Å². The molecule has 0 bridgehead atoms. The Morgan fingerprint density at radius 2 is 1.87 bits per heavy atom. The maximum Gasteiger partial charge on any atom is 0.408 e. The Morgan fingerprint density at radius 3 is 2.58 bits per heavy atom. The van der Waals surface area contributed by atoms with Gasteiger partial charge in [-0.05, 0) is 42.7 Å². The molecule has 15 nitrogen and oxygen atoms in total. The summed E-state index contributed by atoms with van der Waals surface area (Å²) in [4.78, 5) is 76.5. The quantitative estimate of drug-likeness (QED) is 0.0610. The van der Waals surface area contributed by atoms with Gasteiger partial charge in [-0.25, -0.2) is 20.2 Å². The Kier molecular flexibility index (Phi) is 10.5. The smallest absolute Gasteiger partial charge is 0.408 e. The Hall–Kier alpha value is -5.94. The lowest BCUT2D eigenvalue weighted by Gasteiger charge is -2.19. The van der Waals surface area contributed by atoms with Gasteiger partial charge in [0.15, 0.2) is 4.34 Å². The highest BCUT2D eigenvalue weighted by Gasteiger charge is 2.48. The highest BCUT2D eigenvalue weighted by atomic mass is 32.2. The van der Waals surface area contributed by atoms with Gasteiger partial charge in [0.25, 0.3) is 11.6 Å². The topological polar surface area (TPSA) is 202 Å². The van der Waals surface area contributed by atoms with Crippen LogP contribution in [-0.2, 0) is 32.1 Å². The van der Waals surface area contributed by atoms with Gasteiger partial charge in [0.1, 0.15) is 12.6 Å². The number of hydrogen-bond acceptors (Lipinski definition) is 12. The molecule has 0 radical (unpaired) electrons. The predicted molar refractivity (Wildman–Crippen MR) is 196 cm³/mol. The number of imide groups is 1. The number of alkyl carbamates (subject to hydrolysis) is 1. The molecule has 1 saturated carbocycles. The summed E-state index contributed by atoms with van der Waals surface area (Å²) in [5, 5.41) is 18.6. The number of rotatable bonds is 12. The van der Waals surface area contributed by atoms with Gasteiger partial charge in [0, 0.05) is 29.9 Å². The normalized spacial score (nSPS) is 17.5. The zero-order valence-electron chi connectivity index (χ0n) is 28.0. The highest BCUT2D eigenvalue weighted by molar-refractivity contribution is 8.01. The highest BCUT2D eigenvalue weighted by Crippen LogP contribution is 2.43. The van der Waals surface area contributed by atoms with Crippen molar-refractivity contribution < 1.29 is 28.8 Å². The van der Waals surface area contributed by atoms with Crippen LogP contribution in [0.3, 0.4) is 0 Å². The zero-order valence-corrected chi connectivity index (χ0v) is 29.6. The van der Waals surface area contributed by atoms with E-state index in [9.17, 15) is 29.3 Å². The van der Waals surface area contributed by atoms with Crippen molar-refractivity contribution in [3.05, 3.63) is 106 Å². The van der Waals surface area contributed by atoms with Crippen LogP contribution in [0.4, 0.5) is 16.2 Å². The molecule has 1 aliphatic carbocycles. The number of amides is 4. The van der Waals surface area contributed by atoms with Gasteiger partial charge in [-0.3, -0.25) is 29.4 Å². The van der Waals surface area contributed by atoms with Crippen LogP contribution in [0, 0.1) is 22.0 Å². The molecule has 3 aromatic carbocycles. The number of nitro groups is 1. The SMILES string of the molecule is O=C(N[C@@H](Cc1cnc[nH]1)C(=O)N/N=C\c1ccc(Sc2nc3ccc(N4C(=O)[C@H]5CCCC[C@H]5C4=O)cc3s2)c([N+](=O)[O-])c1)OCc1ccccc1. The summed E-state index contributed by atoms with van der Waals surface area (Å²) >= 11 is 2.42. The molecule has 2 aliphatic rings. The van der Waals surface area contributed by atoms with Crippen molar-refractivity contribution in [3.63, 3.8) is 0 Å². The number of aromatic amines is 1. The number of carbonyl (C=O) groups excluding carboxylic acids is 4. The van der Waals surface area contributed by atoms with Crippen molar-refractivity contribution >= 4 is 74.7 Å². The first-order chi connectivity index (χ1) is 25.7. The summed E-state index contributed by atoms with van der Waals surface area (Å²) in [7, 11) is 0. The first-order valence-corrected chi connectivity index (χ1v) is 18.4. The minimum absolute atomic E-state index is 0.0138. The van der Waals surface area contributed by atoms with Gasteiger partial charge in [0.2, 0.25) is 11.8 Å². The fraction of sp³-hybridized carbons (Fsp3) is 0.250. The number of nitrogens with zero attached hydrogens (tertiary/aromatic N) is 5. The first-order valence-electron chi connectivity index (χ1n) is 16.8. The maximum atomic E-state index is 13.1. The minimum atomic E-state index is -1.07. The van der Waals surface area contributed by atoms with Crippen LogP contribution in [0.2, 0.25) is 0 Å². The fourth-order valence-corrected chi connectivity index (χ4v) is 8.55. The molecule has 2 fully saturated rings. The van der Waals surface area contributed by atoms with Crippen molar-refractivity contribution in [2.75, 3.05) is 4.90 Å². The molecule has 4 amide bonds. The molecular formula is C36H32N8O7S2. The van der Waals surface area contributed by atoms with E-state index in [1.54, 1.807) is 42.5 Å². The lowest BCUT2D eigenvalue weighted by molar-refractivity contribution is -0.387. The van der Waals surface area contributed by atoms with Crippen LogP contribution in [-0.4, -0.2) is 55.9 Å². The summed E-state index contributed by atoms with van der Waals surface area (Å²) in [6.07, 6.45) is 6.85. The Bertz CT molecular complexity index is 2190. The van der Waals surface area contributed by atoms with Crippen molar-refractivity contribution in [1.29, 1.82) is 0 Å². The fourth-order valence-electron chi connectivity index (χ4n) is 6.41. The first kappa shape index (κ1) is 35.5. The Balaban J connectivity index is 1.01. The standard InChI is InChI=1S/C36H32N8O7S2/c45-32(28(15-23-18-37-20-38-23)40-35(48)51-19-21-6-2-1-3-7-21)42-39-17-22-10-13-30(29(14-22)44(49)50)52-36-41-27-12-11-24(16-31(27)53-36)43-33(46)25-8-4-5-9-26(25)34(43)47/h1-3,6-7,10-14,16-18,20,25-26,28H,4-5,8-9,15,19H2,(H,37,38)(H,40,48)(H,42,45)/b39-17-/t25-,26+,28-/m0/s1. The number of benzene rings is 3. The molecule has 5 aromatic rings. The number of hydrogen-bond donors (Lipinski definition) is 3. The number of hydrazone groups is 1. The lowest BCUT2D eigenvalue weighted by Crippen LogP contribution is -2.47. The number of H-pyrrole nitrogens is 1. The Labute approximate surface area is 310 Å². The lowest BCUT2D eigenvalue weighted by atomic mass is 9.81. The molecule has 2 aromatic heterocycles. The molecule has 3 heterocycles. The molecular weight excluding hydrogens is 721 g/mol. The van der Waals surface area contributed by atoms with Crippen LogP contribution >= 0.6 is 23.1 Å². The number of thiazole rings is 1. The third kappa shape index (κ3) is 8.10. The van der Waals surface area contributed by atoms with Crippen LogP contribution in [0.5, 0.6) is 0 Å². The molecule has 270 valence electrons. The number of anilines is 1. The number of nitro benzene ring substituents is 1. The second-order valence-electron chi connectivity index (χ2n) is 12.5. The van der Waals surface area contributed by atoms with Crippen molar-refractivity contribution in [3.8, 4) is 0 Å². The van der Waals surface area contributed by atoms with Gasteiger partial charge in [-0.15, -0.1) is 11.3 Å². The summed E-state index contributed by atoms with van der Waals surface area (Å²) in [5.41, 5.74) is 5.05. The van der Waals surface area contributed by atoms with Gasteiger partial charge < -0.3 is 15.0 Å². The van der Waals surface area contributed by atoms with E-state index in [1.807, 2.05) is 18.2 Å². The van der Waals surface area contributed by atoms with E-state index in [0.29, 0.717) is 31.7 Å². The van der Waals surface area contributed by atoms with Gasteiger partial charge >= 0.3 is 6.09 Å². The second-order valence-corrected chi connectivity index (χ2v) is 14.8. The molecule has 1 aliphatic heterocycles. The number of imidazole rings is 1. The largest absolute Gasteiger partial charge is 0.445 e. The zero-order chi connectivity index (χ0) is 36.9. The van der Waals surface area contributed by atoms with Crippen LogP contribution in [0.25, 0.3) is 10.2 Å². The monoisotopic (exact) mass is 752 g/mol. The third-order valence-electron chi connectivity index (χ3n) is 9.02. The maximum absolute atomic E-state index is 13.1. The molecule has 0 unspecified atom stereocenters. The van der Waals surface area contributed by atoms with Crippen molar-refractivity contribution in [1.82, 2.24) is 25.7 Å². The van der Waals surface area contributed by atoms with E-state index in [0.717, 1.165) is 47.7 Å². The van der Waals surface area contributed by atoms with Crippen LogP contribution in [0.1, 0.15) is 42.5 Å². The minimum Gasteiger partial charge on any atom is -0.445 e. The van der Waals surface area contributed by atoms with Crippen LogP contribution in [0.15, 0.2) is 93.6 Å². The molecule has 0 spiro atoms. The number of ether oxygens (including phenoxy) is 1. The number of aromatic nitrogens is 3. The summed E-state index contributed by atoms with van der Waals surface area (Å²) in [6.45, 7) is 0.0138. The van der Waals surface area contributed by atoms with Gasteiger partial charge in [-0.1, -0.05) is 61.0 Å². The van der Waals surface area contributed by atoms with Crippen LogP contribution < -0.4 is 15.6 Å².